The highest BCUT2D eigenvalue weighted by Gasteiger charge is 2.18. The van der Waals surface area contributed by atoms with Gasteiger partial charge in [-0.05, 0) is 37.0 Å². The van der Waals surface area contributed by atoms with E-state index in [1.54, 1.807) is 0 Å². The van der Waals surface area contributed by atoms with Gasteiger partial charge in [0, 0.05) is 0 Å². The zero-order valence-electron chi connectivity index (χ0n) is 8.78. The van der Waals surface area contributed by atoms with Crippen molar-refractivity contribution in [3.05, 3.63) is 29.6 Å². The van der Waals surface area contributed by atoms with Gasteiger partial charge in [0.25, 0.3) is 0 Å². The minimum absolute atomic E-state index is 0.342. The number of benzene rings is 1. The van der Waals surface area contributed by atoms with Crippen LogP contribution in [-0.4, -0.2) is 17.7 Å². The van der Waals surface area contributed by atoms with Crippen molar-refractivity contribution in [3.8, 4) is 5.75 Å². The van der Waals surface area contributed by atoms with Crippen LogP contribution in [0, 0.1) is 11.7 Å². The van der Waals surface area contributed by atoms with E-state index in [0.29, 0.717) is 18.3 Å². The zero-order chi connectivity index (χ0) is 11.5. The fourth-order valence-electron chi connectivity index (χ4n) is 1.63. The molecule has 1 aromatic carbocycles. The maximum atomic E-state index is 13.1. The molecule has 0 amide bonds. The third-order valence-electron chi connectivity index (χ3n) is 2.88. The second kappa shape index (κ2) is 4.51. The van der Waals surface area contributed by atoms with Crippen LogP contribution in [0.15, 0.2) is 18.2 Å². The Morgan fingerprint density at radius 1 is 1.50 bits per heavy atom. The molecule has 0 unspecified atom stereocenters. The SMILES string of the molecule is O=C(O)c1cc(OCC2CCC2)ccc1F. The van der Waals surface area contributed by atoms with Gasteiger partial charge >= 0.3 is 5.97 Å². The Balaban J connectivity index is 2.03. The molecule has 1 fully saturated rings. The van der Waals surface area contributed by atoms with Crippen LogP contribution in [0.1, 0.15) is 29.6 Å². The van der Waals surface area contributed by atoms with Crippen LogP contribution in [0.2, 0.25) is 0 Å². The van der Waals surface area contributed by atoms with Crippen molar-refractivity contribution in [1.29, 1.82) is 0 Å². The molecule has 0 aromatic heterocycles. The molecule has 4 heteroatoms. The van der Waals surface area contributed by atoms with Gasteiger partial charge in [-0.25, -0.2) is 9.18 Å². The first-order valence-electron chi connectivity index (χ1n) is 5.32. The van der Waals surface area contributed by atoms with Gasteiger partial charge < -0.3 is 9.84 Å². The quantitative estimate of drug-likeness (QED) is 0.855. The average molecular weight is 224 g/mol. The van der Waals surface area contributed by atoms with E-state index in [9.17, 15) is 9.18 Å². The van der Waals surface area contributed by atoms with E-state index in [1.165, 1.54) is 18.6 Å². The normalized spacial score (nSPS) is 15.6. The van der Waals surface area contributed by atoms with Crippen LogP contribution in [0.3, 0.4) is 0 Å². The smallest absolute Gasteiger partial charge is 0.338 e. The van der Waals surface area contributed by atoms with E-state index in [4.69, 9.17) is 9.84 Å². The molecule has 16 heavy (non-hydrogen) atoms. The van der Waals surface area contributed by atoms with Crippen LogP contribution < -0.4 is 4.74 Å². The van der Waals surface area contributed by atoms with E-state index in [-0.39, 0.29) is 5.56 Å². The summed E-state index contributed by atoms with van der Waals surface area (Å²) in [6.07, 6.45) is 3.55. The van der Waals surface area contributed by atoms with Crippen molar-refractivity contribution in [2.75, 3.05) is 6.61 Å². The van der Waals surface area contributed by atoms with Crippen LogP contribution in [0.5, 0.6) is 5.75 Å². The molecule has 3 nitrogen and oxygen atoms in total. The highest BCUT2D eigenvalue weighted by atomic mass is 19.1. The molecule has 2 rings (SSSR count). The lowest BCUT2D eigenvalue weighted by Gasteiger charge is -2.25. The van der Waals surface area contributed by atoms with Crippen molar-refractivity contribution < 1.29 is 19.0 Å². The number of carboxylic acid groups (broad SMARTS) is 1. The number of carbonyl (C=O) groups is 1. The first-order chi connectivity index (χ1) is 7.66. The minimum atomic E-state index is -1.27. The first-order valence-corrected chi connectivity index (χ1v) is 5.32. The van der Waals surface area contributed by atoms with E-state index in [0.717, 1.165) is 18.9 Å². The predicted octanol–water partition coefficient (Wildman–Crippen LogP) is 2.70. The highest BCUT2D eigenvalue weighted by Crippen LogP contribution is 2.27. The van der Waals surface area contributed by atoms with E-state index < -0.39 is 11.8 Å². The van der Waals surface area contributed by atoms with Gasteiger partial charge in [-0.1, -0.05) is 6.42 Å². The molecule has 0 atom stereocenters. The number of ether oxygens (including phenoxy) is 1. The van der Waals surface area contributed by atoms with Crippen molar-refractivity contribution in [2.45, 2.75) is 19.3 Å². The summed E-state index contributed by atoms with van der Waals surface area (Å²) in [5.41, 5.74) is -0.342. The molecule has 1 saturated carbocycles. The molecule has 1 aliphatic rings. The topological polar surface area (TPSA) is 46.5 Å². The maximum Gasteiger partial charge on any atom is 0.338 e. The van der Waals surface area contributed by atoms with Gasteiger partial charge in [-0.3, -0.25) is 0 Å². The third kappa shape index (κ3) is 2.32. The lowest BCUT2D eigenvalue weighted by molar-refractivity contribution is 0.0691. The Hall–Kier alpha value is -1.58. The van der Waals surface area contributed by atoms with Gasteiger partial charge in [0.1, 0.15) is 11.6 Å². The van der Waals surface area contributed by atoms with Crippen LogP contribution >= 0.6 is 0 Å². The molecule has 0 spiro atoms. The maximum absolute atomic E-state index is 13.1. The molecule has 0 saturated heterocycles. The Morgan fingerprint density at radius 2 is 2.25 bits per heavy atom. The van der Waals surface area contributed by atoms with Crippen molar-refractivity contribution >= 4 is 5.97 Å². The van der Waals surface area contributed by atoms with Gasteiger partial charge in [0.15, 0.2) is 0 Å². The monoisotopic (exact) mass is 224 g/mol. The van der Waals surface area contributed by atoms with Crippen LogP contribution in [0.25, 0.3) is 0 Å². The second-order valence-electron chi connectivity index (χ2n) is 4.05. The van der Waals surface area contributed by atoms with E-state index in [1.807, 2.05) is 0 Å². The van der Waals surface area contributed by atoms with E-state index >= 15 is 0 Å². The Bertz CT molecular complexity index is 399. The average Bonchev–Trinajstić information content (AvgIpc) is 2.17. The fourth-order valence-corrected chi connectivity index (χ4v) is 1.63. The lowest BCUT2D eigenvalue weighted by atomic mass is 9.86. The van der Waals surface area contributed by atoms with Crippen LogP contribution in [0.4, 0.5) is 4.39 Å². The summed E-state index contributed by atoms with van der Waals surface area (Å²) in [6.45, 7) is 0.588. The molecular weight excluding hydrogens is 211 g/mol. The molecule has 1 aromatic rings. The molecule has 1 aliphatic carbocycles. The van der Waals surface area contributed by atoms with Gasteiger partial charge in [0.2, 0.25) is 0 Å². The van der Waals surface area contributed by atoms with Gasteiger partial charge in [0.05, 0.1) is 12.2 Å². The highest BCUT2D eigenvalue weighted by molar-refractivity contribution is 5.88. The molecule has 1 N–H and O–H groups in total. The third-order valence-corrected chi connectivity index (χ3v) is 2.88. The molecule has 86 valence electrons. The predicted molar refractivity (Wildman–Crippen MR) is 56.2 cm³/mol. The molecule has 0 bridgehead atoms. The van der Waals surface area contributed by atoms with Crippen molar-refractivity contribution in [3.63, 3.8) is 0 Å². The van der Waals surface area contributed by atoms with Gasteiger partial charge in [-0.2, -0.15) is 0 Å². The van der Waals surface area contributed by atoms with Crippen molar-refractivity contribution in [1.82, 2.24) is 0 Å². The first kappa shape index (κ1) is 10.9. The number of hydrogen-bond acceptors (Lipinski definition) is 2. The largest absolute Gasteiger partial charge is 0.493 e. The summed E-state index contributed by atoms with van der Waals surface area (Å²) in [6, 6.07) is 3.82. The Kier molecular flexibility index (Phi) is 3.08. The number of aromatic carboxylic acids is 1. The Morgan fingerprint density at radius 3 is 2.81 bits per heavy atom. The summed E-state index contributed by atoms with van der Waals surface area (Å²) in [5.74, 6) is -1.01. The molecular formula is C12H13FO3. The van der Waals surface area contributed by atoms with Gasteiger partial charge in [-0.15, -0.1) is 0 Å². The summed E-state index contributed by atoms with van der Waals surface area (Å²) in [5, 5.41) is 8.73. The number of carboxylic acids is 1. The summed E-state index contributed by atoms with van der Waals surface area (Å²) < 4.78 is 18.5. The molecule has 0 aliphatic heterocycles. The number of hydrogen-bond donors (Lipinski definition) is 1. The standard InChI is InChI=1S/C12H13FO3/c13-11-5-4-9(6-10(11)12(14)15)16-7-8-2-1-3-8/h4-6,8H,1-3,7H2,(H,14,15). The van der Waals surface area contributed by atoms with Crippen LogP contribution in [-0.2, 0) is 0 Å². The summed E-state index contributed by atoms with van der Waals surface area (Å²) in [4.78, 5) is 10.7. The number of rotatable bonds is 4. The molecule has 0 heterocycles. The zero-order valence-corrected chi connectivity index (χ0v) is 8.78. The number of halogens is 1. The minimum Gasteiger partial charge on any atom is -0.493 e. The second-order valence-corrected chi connectivity index (χ2v) is 4.05. The summed E-state index contributed by atoms with van der Waals surface area (Å²) in [7, 11) is 0. The summed E-state index contributed by atoms with van der Waals surface area (Å²) >= 11 is 0. The Labute approximate surface area is 92.9 Å². The lowest BCUT2D eigenvalue weighted by Crippen LogP contribution is -2.19. The van der Waals surface area contributed by atoms with E-state index in [2.05, 4.69) is 0 Å². The fraction of sp³-hybridized carbons (Fsp3) is 0.417. The van der Waals surface area contributed by atoms with Crippen molar-refractivity contribution in [2.24, 2.45) is 5.92 Å². The molecule has 0 radical (unpaired) electrons.